The molecule has 1 aromatic carbocycles. The molecule has 0 aliphatic rings. The van der Waals surface area contributed by atoms with Crippen LogP contribution in [0.4, 0.5) is 15.8 Å². The molecule has 1 rings (SSSR count). The molecule has 1 aromatic rings. The SMILES string of the molecule is CC(N)CCC(=O)Nc1ccc(F)c(NS(C)(=O)=O)c1. The maximum absolute atomic E-state index is 13.4. The number of carbonyl (C=O) groups is 1. The zero-order valence-electron chi connectivity index (χ0n) is 11.3. The van der Waals surface area contributed by atoms with Gasteiger partial charge in [0.15, 0.2) is 0 Å². The number of carbonyl (C=O) groups excluding carboxylic acids is 1. The quantitative estimate of drug-likeness (QED) is 0.736. The van der Waals surface area contributed by atoms with Crippen molar-refractivity contribution < 1.29 is 17.6 Å². The van der Waals surface area contributed by atoms with E-state index in [1.54, 1.807) is 6.92 Å². The van der Waals surface area contributed by atoms with Crippen LogP contribution in [-0.2, 0) is 14.8 Å². The fourth-order valence-electron chi connectivity index (χ4n) is 1.46. The molecule has 0 aromatic heterocycles. The monoisotopic (exact) mass is 303 g/mol. The van der Waals surface area contributed by atoms with Crippen molar-refractivity contribution in [3.05, 3.63) is 24.0 Å². The molecular weight excluding hydrogens is 285 g/mol. The van der Waals surface area contributed by atoms with Gasteiger partial charge in [-0.05, 0) is 31.5 Å². The summed E-state index contributed by atoms with van der Waals surface area (Å²) in [5.41, 5.74) is 5.64. The first kappa shape index (κ1) is 16.4. The summed E-state index contributed by atoms with van der Waals surface area (Å²) >= 11 is 0. The number of nitrogens with two attached hydrogens (primary N) is 1. The zero-order valence-corrected chi connectivity index (χ0v) is 12.1. The van der Waals surface area contributed by atoms with Crippen molar-refractivity contribution >= 4 is 27.3 Å². The van der Waals surface area contributed by atoms with E-state index in [2.05, 4.69) is 5.32 Å². The zero-order chi connectivity index (χ0) is 15.3. The molecule has 0 fully saturated rings. The highest BCUT2D eigenvalue weighted by Gasteiger charge is 2.10. The summed E-state index contributed by atoms with van der Waals surface area (Å²) in [5, 5.41) is 2.55. The number of amides is 1. The summed E-state index contributed by atoms with van der Waals surface area (Å²) in [4.78, 5) is 11.6. The molecular formula is C12H18FN3O3S. The molecule has 0 spiro atoms. The summed E-state index contributed by atoms with van der Waals surface area (Å²) in [6.45, 7) is 1.79. The number of nitrogens with one attached hydrogen (secondary N) is 2. The van der Waals surface area contributed by atoms with Crippen molar-refractivity contribution in [2.45, 2.75) is 25.8 Å². The van der Waals surface area contributed by atoms with Crippen LogP contribution in [0.3, 0.4) is 0 Å². The fourth-order valence-corrected chi connectivity index (χ4v) is 2.02. The maximum atomic E-state index is 13.4. The lowest BCUT2D eigenvalue weighted by Gasteiger charge is -2.10. The van der Waals surface area contributed by atoms with E-state index in [4.69, 9.17) is 5.73 Å². The molecule has 1 amide bonds. The first-order valence-corrected chi connectivity index (χ1v) is 7.89. The molecule has 0 aliphatic heterocycles. The van der Waals surface area contributed by atoms with E-state index in [-0.39, 0.29) is 24.1 Å². The number of sulfonamides is 1. The van der Waals surface area contributed by atoms with Crippen molar-refractivity contribution in [1.82, 2.24) is 0 Å². The Labute approximate surface area is 117 Å². The third-order valence-electron chi connectivity index (χ3n) is 2.37. The average molecular weight is 303 g/mol. The standard InChI is InChI=1S/C12H18FN3O3S/c1-8(14)3-6-12(17)15-9-4-5-10(13)11(7-9)16-20(2,18)19/h4-5,7-8,16H,3,6,14H2,1-2H3,(H,15,17). The Hall–Kier alpha value is -1.67. The molecule has 8 heteroatoms. The van der Waals surface area contributed by atoms with Crippen LogP contribution in [0.15, 0.2) is 18.2 Å². The Balaban J connectivity index is 2.77. The molecule has 0 saturated carbocycles. The van der Waals surface area contributed by atoms with Gasteiger partial charge in [-0.25, -0.2) is 12.8 Å². The summed E-state index contributed by atoms with van der Waals surface area (Å²) in [7, 11) is -3.59. The van der Waals surface area contributed by atoms with Crippen molar-refractivity contribution in [2.24, 2.45) is 5.73 Å². The number of rotatable bonds is 6. The van der Waals surface area contributed by atoms with Crippen LogP contribution in [0.25, 0.3) is 0 Å². The number of hydrogen-bond donors (Lipinski definition) is 3. The van der Waals surface area contributed by atoms with Crippen LogP contribution in [0, 0.1) is 5.82 Å². The van der Waals surface area contributed by atoms with Crippen molar-refractivity contribution in [3.8, 4) is 0 Å². The van der Waals surface area contributed by atoms with Crippen LogP contribution < -0.4 is 15.8 Å². The minimum Gasteiger partial charge on any atom is -0.328 e. The average Bonchev–Trinajstić information content (AvgIpc) is 2.29. The van der Waals surface area contributed by atoms with Crippen molar-refractivity contribution in [1.29, 1.82) is 0 Å². The van der Waals surface area contributed by atoms with Gasteiger partial charge in [-0.15, -0.1) is 0 Å². The molecule has 6 nitrogen and oxygen atoms in total. The van der Waals surface area contributed by atoms with E-state index >= 15 is 0 Å². The highest BCUT2D eigenvalue weighted by atomic mass is 32.2. The second-order valence-corrected chi connectivity index (χ2v) is 6.38. The molecule has 0 saturated heterocycles. The van der Waals surface area contributed by atoms with Gasteiger partial charge in [0.25, 0.3) is 0 Å². The van der Waals surface area contributed by atoms with E-state index in [1.807, 2.05) is 4.72 Å². The van der Waals surface area contributed by atoms with Gasteiger partial charge in [0.05, 0.1) is 11.9 Å². The van der Waals surface area contributed by atoms with Gasteiger partial charge in [-0.1, -0.05) is 0 Å². The van der Waals surface area contributed by atoms with Crippen LogP contribution in [0.5, 0.6) is 0 Å². The molecule has 1 atom stereocenters. The Kier molecular flexibility index (Phi) is 5.46. The summed E-state index contributed by atoms with van der Waals surface area (Å²) in [6.07, 6.45) is 1.69. The molecule has 4 N–H and O–H groups in total. The van der Waals surface area contributed by atoms with Crippen LogP contribution in [0.1, 0.15) is 19.8 Å². The Morgan fingerprint density at radius 1 is 1.45 bits per heavy atom. The topological polar surface area (TPSA) is 101 Å². The van der Waals surface area contributed by atoms with Crippen molar-refractivity contribution in [2.75, 3.05) is 16.3 Å². The van der Waals surface area contributed by atoms with Gasteiger partial charge in [0.1, 0.15) is 5.82 Å². The normalized spacial score (nSPS) is 12.8. The van der Waals surface area contributed by atoms with Crippen LogP contribution in [0.2, 0.25) is 0 Å². The lowest BCUT2D eigenvalue weighted by molar-refractivity contribution is -0.116. The van der Waals surface area contributed by atoms with E-state index in [0.29, 0.717) is 12.1 Å². The third kappa shape index (κ3) is 5.98. The van der Waals surface area contributed by atoms with E-state index in [0.717, 1.165) is 12.3 Å². The smallest absolute Gasteiger partial charge is 0.229 e. The predicted octanol–water partition coefficient (Wildman–Crippen LogP) is 1.26. The Bertz CT molecular complexity index is 588. The predicted molar refractivity (Wildman–Crippen MR) is 76.4 cm³/mol. The number of hydrogen-bond acceptors (Lipinski definition) is 4. The summed E-state index contributed by atoms with van der Waals surface area (Å²) in [6, 6.07) is 3.57. The molecule has 112 valence electrons. The van der Waals surface area contributed by atoms with Gasteiger partial charge in [-0.3, -0.25) is 9.52 Å². The first-order valence-electron chi connectivity index (χ1n) is 6.00. The van der Waals surface area contributed by atoms with Gasteiger partial charge >= 0.3 is 0 Å². The highest BCUT2D eigenvalue weighted by Crippen LogP contribution is 2.20. The number of benzene rings is 1. The minimum absolute atomic E-state index is 0.0866. The second kappa shape index (κ2) is 6.67. The van der Waals surface area contributed by atoms with Gasteiger partial charge in [0.2, 0.25) is 15.9 Å². The second-order valence-electron chi connectivity index (χ2n) is 4.63. The minimum atomic E-state index is -3.59. The lowest BCUT2D eigenvalue weighted by Crippen LogP contribution is -2.19. The van der Waals surface area contributed by atoms with E-state index < -0.39 is 15.8 Å². The maximum Gasteiger partial charge on any atom is 0.229 e. The lowest BCUT2D eigenvalue weighted by atomic mass is 10.2. The summed E-state index contributed by atoms with van der Waals surface area (Å²) in [5.74, 6) is -0.983. The number of halogens is 1. The van der Waals surface area contributed by atoms with Crippen LogP contribution in [-0.4, -0.2) is 26.6 Å². The summed E-state index contributed by atoms with van der Waals surface area (Å²) < 4.78 is 37.6. The van der Waals surface area contributed by atoms with Crippen LogP contribution >= 0.6 is 0 Å². The Morgan fingerprint density at radius 3 is 2.65 bits per heavy atom. The third-order valence-corrected chi connectivity index (χ3v) is 2.96. The largest absolute Gasteiger partial charge is 0.328 e. The molecule has 0 aliphatic carbocycles. The molecule has 1 unspecified atom stereocenters. The van der Waals surface area contributed by atoms with Gasteiger partial charge < -0.3 is 11.1 Å². The molecule has 0 heterocycles. The number of anilines is 2. The van der Waals surface area contributed by atoms with E-state index in [9.17, 15) is 17.6 Å². The van der Waals surface area contributed by atoms with Crippen molar-refractivity contribution in [3.63, 3.8) is 0 Å². The molecule has 0 bridgehead atoms. The molecule has 20 heavy (non-hydrogen) atoms. The molecule has 0 radical (unpaired) electrons. The first-order chi connectivity index (χ1) is 9.17. The van der Waals surface area contributed by atoms with Gasteiger partial charge in [0, 0.05) is 18.2 Å². The highest BCUT2D eigenvalue weighted by molar-refractivity contribution is 7.92. The Morgan fingerprint density at radius 2 is 2.10 bits per heavy atom. The fraction of sp³-hybridized carbons (Fsp3) is 0.417. The van der Waals surface area contributed by atoms with E-state index in [1.165, 1.54) is 12.1 Å². The van der Waals surface area contributed by atoms with Gasteiger partial charge in [-0.2, -0.15) is 0 Å².